The Balaban J connectivity index is 1.73. The van der Waals surface area contributed by atoms with E-state index in [1.165, 1.54) is 18.3 Å². The fraction of sp³-hybridized carbons (Fsp3) is 0.462. The average Bonchev–Trinajstić information content (AvgIpc) is 3.01. The van der Waals surface area contributed by atoms with Gasteiger partial charge in [-0.2, -0.15) is 0 Å². The number of nitrogens with zero attached hydrogens (tertiary/aromatic N) is 1. The average molecular weight is 359 g/mol. The molecule has 0 radical (unpaired) electrons. The quantitative estimate of drug-likeness (QED) is 0.531. The summed E-state index contributed by atoms with van der Waals surface area (Å²) in [5.74, 6) is -0.693. The Morgan fingerprint density at radius 3 is 2.78 bits per heavy atom. The predicted octanol–water partition coefficient (Wildman–Crippen LogP) is 0.392. The first-order valence-corrected chi connectivity index (χ1v) is 8.94. The Kier molecular flexibility index (Phi) is 4.03. The van der Waals surface area contributed by atoms with Gasteiger partial charge in [0.1, 0.15) is 15.6 Å². The lowest BCUT2D eigenvalue weighted by Gasteiger charge is -2.28. The molecule has 2 atom stereocenters. The molecule has 23 heavy (non-hydrogen) atoms. The van der Waals surface area contributed by atoms with Crippen LogP contribution in [0.15, 0.2) is 23.2 Å². The maximum Gasteiger partial charge on any atom is 0.322 e. The van der Waals surface area contributed by atoms with Crippen LogP contribution in [-0.2, 0) is 14.8 Å². The highest BCUT2D eigenvalue weighted by atomic mass is 35.5. The Hall–Kier alpha value is -1.71. The van der Waals surface area contributed by atoms with Crippen LogP contribution >= 0.6 is 11.6 Å². The monoisotopic (exact) mass is 358 g/mol. The van der Waals surface area contributed by atoms with Crippen LogP contribution in [0.4, 0.5) is 4.79 Å². The molecule has 124 valence electrons. The van der Waals surface area contributed by atoms with Gasteiger partial charge in [-0.15, -0.1) is 0 Å². The smallest absolute Gasteiger partial charge is 0.322 e. The van der Waals surface area contributed by atoms with Crippen molar-refractivity contribution in [1.82, 2.24) is 20.3 Å². The van der Waals surface area contributed by atoms with Crippen LogP contribution in [0.3, 0.4) is 0 Å². The van der Waals surface area contributed by atoms with E-state index in [1.807, 2.05) is 0 Å². The minimum Gasteiger partial charge on any atom is -0.323 e. The first-order valence-electron chi connectivity index (χ1n) is 7.08. The molecule has 3 rings (SSSR count). The Morgan fingerprint density at radius 2 is 2.17 bits per heavy atom. The van der Waals surface area contributed by atoms with Gasteiger partial charge in [0.25, 0.3) is 5.91 Å². The second-order valence-corrected chi connectivity index (χ2v) is 7.79. The van der Waals surface area contributed by atoms with Gasteiger partial charge in [0.2, 0.25) is 10.0 Å². The number of hydrogen-bond donors (Lipinski definition) is 3. The van der Waals surface area contributed by atoms with Crippen molar-refractivity contribution in [3.05, 3.63) is 23.5 Å². The molecule has 1 saturated carbocycles. The van der Waals surface area contributed by atoms with Gasteiger partial charge < -0.3 is 5.32 Å². The molecule has 1 spiro atoms. The van der Waals surface area contributed by atoms with Crippen molar-refractivity contribution in [2.75, 3.05) is 6.54 Å². The second-order valence-electron chi connectivity index (χ2n) is 5.64. The van der Waals surface area contributed by atoms with E-state index in [-0.39, 0.29) is 22.5 Å². The van der Waals surface area contributed by atoms with Crippen molar-refractivity contribution < 1.29 is 18.0 Å². The van der Waals surface area contributed by atoms with Gasteiger partial charge in [-0.05, 0) is 25.0 Å². The topological polar surface area (TPSA) is 117 Å². The highest BCUT2D eigenvalue weighted by Crippen LogP contribution is 2.37. The summed E-state index contributed by atoms with van der Waals surface area (Å²) in [5, 5.41) is 5.07. The lowest BCUT2D eigenvalue weighted by molar-refractivity contribution is -0.125. The summed E-state index contributed by atoms with van der Waals surface area (Å²) in [7, 11) is -3.76. The summed E-state index contributed by atoms with van der Waals surface area (Å²) in [6.45, 7) is 0.0542. The number of amides is 3. The fourth-order valence-electron chi connectivity index (χ4n) is 3.14. The lowest BCUT2D eigenvalue weighted by Crippen LogP contribution is -2.53. The van der Waals surface area contributed by atoms with Gasteiger partial charge >= 0.3 is 6.03 Å². The van der Waals surface area contributed by atoms with Crippen molar-refractivity contribution in [3.63, 3.8) is 0 Å². The molecule has 8 nitrogen and oxygen atoms in total. The number of pyridine rings is 1. The molecule has 2 heterocycles. The summed E-state index contributed by atoms with van der Waals surface area (Å²) in [4.78, 5) is 27.2. The molecular formula is C13H15ClN4O4S. The summed E-state index contributed by atoms with van der Waals surface area (Å²) >= 11 is 5.64. The van der Waals surface area contributed by atoms with Crippen LogP contribution in [-0.4, -0.2) is 37.4 Å². The molecule has 0 bridgehead atoms. The van der Waals surface area contributed by atoms with Crippen LogP contribution in [0.1, 0.15) is 19.3 Å². The fourth-order valence-corrected chi connectivity index (χ4v) is 4.28. The number of aromatic nitrogens is 1. The lowest BCUT2D eigenvalue weighted by atomic mass is 9.87. The largest absolute Gasteiger partial charge is 0.323 e. The van der Waals surface area contributed by atoms with E-state index in [0.717, 1.165) is 6.42 Å². The first-order chi connectivity index (χ1) is 10.8. The second kappa shape index (κ2) is 5.73. The summed E-state index contributed by atoms with van der Waals surface area (Å²) < 4.78 is 27.0. The molecule has 2 fully saturated rings. The number of sulfonamides is 1. The van der Waals surface area contributed by atoms with E-state index in [4.69, 9.17) is 11.6 Å². The van der Waals surface area contributed by atoms with Gasteiger partial charge in [-0.1, -0.05) is 18.0 Å². The van der Waals surface area contributed by atoms with Crippen LogP contribution in [0.25, 0.3) is 0 Å². The van der Waals surface area contributed by atoms with Gasteiger partial charge in [0.15, 0.2) is 0 Å². The summed E-state index contributed by atoms with van der Waals surface area (Å²) in [5.41, 5.74) is -1.02. The van der Waals surface area contributed by atoms with E-state index in [1.54, 1.807) is 0 Å². The minimum absolute atomic E-state index is 0.00569. The molecule has 2 unspecified atom stereocenters. The number of nitrogens with one attached hydrogen (secondary N) is 3. The molecule has 3 amide bonds. The number of imide groups is 1. The highest BCUT2D eigenvalue weighted by Gasteiger charge is 2.54. The van der Waals surface area contributed by atoms with Crippen molar-refractivity contribution >= 4 is 33.6 Å². The molecule has 2 aliphatic rings. The van der Waals surface area contributed by atoms with Gasteiger partial charge in [0, 0.05) is 18.7 Å². The third-order valence-electron chi connectivity index (χ3n) is 4.32. The Labute approximate surface area is 138 Å². The molecular weight excluding hydrogens is 344 g/mol. The van der Waals surface area contributed by atoms with Crippen molar-refractivity contribution in [3.8, 4) is 0 Å². The number of halogens is 1. The maximum atomic E-state index is 12.3. The maximum absolute atomic E-state index is 12.3. The third kappa shape index (κ3) is 2.91. The van der Waals surface area contributed by atoms with Crippen LogP contribution in [0, 0.1) is 5.92 Å². The van der Waals surface area contributed by atoms with Crippen molar-refractivity contribution in [2.24, 2.45) is 5.92 Å². The van der Waals surface area contributed by atoms with Crippen molar-refractivity contribution in [1.29, 1.82) is 0 Å². The minimum atomic E-state index is -3.76. The zero-order chi connectivity index (χ0) is 16.7. The zero-order valence-electron chi connectivity index (χ0n) is 12.0. The molecule has 1 saturated heterocycles. The highest BCUT2D eigenvalue weighted by molar-refractivity contribution is 7.89. The number of carbonyl (C=O) groups excluding carboxylic acids is 2. The molecule has 1 aromatic heterocycles. The van der Waals surface area contributed by atoms with E-state index in [0.29, 0.717) is 12.8 Å². The molecule has 1 aliphatic heterocycles. The third-order valence-corrected chi connectivity index (χ3v) is 5.95. The number of carbonyl (C=O) groups is 2. The normalized spacial score (nSPS) is 27.3. The molecule has 1 aromatic rings. The predicted molar refractivity (Wildman–Crippen MR) is 81.2 cm³/mol. The van der Waals surface area contributed by atoms with Gasteiger partial charge in [-0.25, -0.2) is 22.9 Å². The molecule has 3 N–H and O–H groups in total. The van der Waals surface area contributed by atoms with Crippen LogP contribution in [0.5, 0.6) is 0 Å². The van der Waals surface area contributed by atoms with E-state index in [9.17, 15) is 18.0 Å². The Bertz CT molecular complexity index is 752. The summed E-state index contributed by atoms with van der Waals surface area (Å²) in [6.07, 6.45) is 3.05. The Morgan fingerprint density at radius 1 is 1.39 bits per heavy atom. The molecule has 1 aliphatic carbocycles. The van der Waals surface area contributed by atoms with Gasteiger partial charge in [0.05, 0.1) is 0 Å². The van der Waals surface area contributed by atoms with Crippen LogP contribution < -0.4 is 15.4 Å². The summed E-state index contributed by atoms with van der Waals surface area (Å²) in [6, 6.07) is 2.20. The SMILES string of the molecule is O=C1NC(=O)C2(CCCC2CNS(=O)(=O)c2ccc(Cl)nc2)N1. The van der Waals surface area contributed by atoms with E-state index >= 15 is 0 Å². The first kappa shape index (κ1) is 16.2. The van der Waals surface area contributed by atoms with E-state index in [2.05, 4.69) is 20.3 Å². The number of hydrogen-bond acceptors (Lipinski definition) is 5. The number of urea groups is 1. The van der Waals surface area contributed by atoms with Crippen molar-refractivity contribution in [2.45, 2.75) is 29.7 Å². The van der Waals surface area contributed by atoms with E-state index < -0.39 is 27.5 Å². The van der Waals surface area contributed by atoms with Crippen LogP contribution in [0.2, 0.25) is 5.15 Å². The zero-order valence-corrected chi connectivity index (χ0v) is 13.6. The van der Waals surface area contributed by atoms with Gasteiger partial charge in [-0.3, -0.25) is 10.1 Å². The standard InChI is InChI=1S/C13H15ClN4O4S/c14-10-4-3-9(7-15-10)23(21,22)16-6-8-2-1-5-13(8)11(19)17-12(20)18-13/h3-4,7-8,16H,1-2,5-6H2,(H2,17,18,19,20). The molecule has 10 heteroatoms. The molecule has 0 aromatic carbocycles. The number of rotatable bonds is 4.